The minimum Gasteiger partial charge on any atom is -0.462 e. The van der Waals surface area contributed by atoms with E-state index < -0.39 is 11.9 Å². The minimum atomic E-state index is -0.816. The first-order valence-corrected chi connectivity index (χ1v) is 4.23. The van der Waals surface area contributed by atoms with Gasteiger partial charge in [0.2, 0.25) is 0 Å². The number of hydrogen-bond donors (Lipinski definition) is 0. The van der Waals surface area contributed by atoms with Gasteiger partial charge >= 0.3 is 11.9 Å². The van der Waals surface area contributed by atoms with Crippen molar-refractivity contribution in [3.63, 3.8) is 0 Å². The van der Waals surface area contributed by atoms with E-state index in [0.717, 1.165) is 6.42 Å². The van der Waals surface area contributed by atoms with Crippen molar-refractivity contribution in [1.82, 2.24) is 4.90 Å². The molecule has 0 spiro atoms. The SMILES string of the molecule is CCC(C)(C)N(C)C(=O)C(=O)OC. The summed E-state index contributed by atoms with van der Waals surface area (Å²) in [6.07, 6.45) is 0.784. The van der Waals surface area contributed by atoms with Crippen molar-refractivity contribution >= 4 is 11.9 Å². The lowest BCUT2D eigenvalue weighted by molar-refractivity contribution is -0.160. The molecule has 0 aromatic rings. The first-order chi connectivity index (χ1) is 5.86. The van der Waals surface area contributed by atoms with Gasteiger partial charge in [0.25, 0.3) is 0 Å². The molecule has 1 amide bonds. The van der Waals surface area contributed by atoms with Crippen LogP contribution in [0.3, 0.4) is 0 Å². The molecule has 0 aliphatic heterocycles. The Balaban J connectivity index is 4.51. The van der Waals surface area contributed by atoms with Crippen molar-refractivity contribution in [1.29, 1.82) is 0 Å². The lowest BCUT2D eigenvalue weighted by Gasteiger charge is -2.33. The monoisotopic (exact) mass is 187 g/mol. The summed E-state index contributed by atoms with van der Waals surface area (Å²) in [5.74, 6) is -1.42. The van der Waals surface area contributed by atoms with Crippen LogP contribution in [0.25, 0.3) is 0 Å². The molecule has 4 heteroatoms. The van der Waals surface area contributed by atoms with Gasteiger partial charge in [-0.1, -0.05) is 6.92 Å². The van der Waals surface area contributed by atoms with Crippen LogP contribution in [0.15, 0.2) is 0 Å². The summed E-state index contributed by atoms with van der Waals surface area (Å²) in [6.45, 7) is 5.75. The number of likely N-dealkylation sites (N-methyl/N-ethyl adjacent to an activating group) is 1. The summed E-state index contributed by atoms with van der Waals surface area (Å²) in [7, 11) is 2.80. The molecule has 0 unspecified atom stereocenters. The third kappa shape index (κ3) is 2.72. The highest BCUT2D eigenvalue weighted by molar-refractivity contribution is 6.32. The second-order valence-corrected chi connectivity index (χ2v) is 3.52. The van der Waals surface area contributed by atoms with Crippen LogP contribution in [0.5, 0.6) is 0 Å². The Morgan fingerprint density at radius 2 is 1.85 bits per heavy atom. The third-order valence-electron chi connectivity index (χ3n) is 2.44. The van der Waals surface area contributed by atoms with Gasteiger partial charge in [-0.25, -0.2) is 4.79 Å². The summed E-state index contributed by atoms with van der Waals surface area (Å²) in [5.41, 5.74) is -0.314. The van der Waals surface area contributed by atoms with Crippen molar-refractivity contribution < 1.29 is 14.3 Å². The fourth-order valence-electron chi connectivity index (χ4n) is 0.736. The van der Waals surface area contributed by atoms with E-state index in [4.69, 9.17) is 0 Å². The molecular weight excluding hydrogens is 170 g/mol. The largest absolute Gasteiger partial charge is 0.462 e. The maximum absolute atomic E-state index is 11.3. The summed E-state index contributed by atoms with van der Waals surface area (Å²) in [6, 6.07) is 0. The van der Waals surface area contributed by atoms with E-state index in [0.29, 0.717) is 0 Å². The maximum Gasteiger partial charge on any atom is 0.396 e. The van der Waals surface area contributed by atoms with Crippen molar-refractivity contribution in [3.05, 3.63) is 0 Å². The van der Waals surface area contributed by atoms with Crippen LogP contribution < -0.4 is 0 Å². The highest BCUT2D eigenvalue weighted by atomic mass is 16.5. The topological polar surface area (TPSA) is 46.6 Å². The lowest BCUT2D eigenvalue weighted by Crippen LogP contribution is -2.47. The van der Waals surface area contributed by atoms with E-state index in [1.807, 2.05) is 20.8 Å². The van der Waals surface area contributed by atoms with Crippen molar-refractivity contribution in [3.8, 4) is 0 Å². The Kier molecular flexibility index (Phi) is 3.91. The predicted molar refractivity (Wildman–Crippen MR) is 49.2 cm³/mol. The molecule has 0 saturated heterocycles. The quantitative estimate of drug-likeness (QED) is 0.474. The summed E-state index contributed by atoms with van der Waals surface area (Å²) in [4.78, 5) is 23.6. The van der Waals surface area contributed by atoms with Crippen molar-refractivity contribution in [2.75, 3.05) is 14.2 Å². The van der Waals surface area contributed by atoms with Crippen LogP contribution >= 0.6 is 0 Å². The van der Waals surface area contributed by atoms with Gasteiger partial charge < -0.3 is 9.64 Å². The van der Waals surface area contributed by atoms with Gasteiger partial charge in [-0.2, -0.15) is 0 Å². The smallest absolute Gasteiger partial charge is 0.396 e. The molecule has 76 valence electrons. The zero-order valence-electron chi connectivity index (χ0n) is 8.88. The van der Waals surface area contributed by atoms with E-state index in [1.54, 1.807) is 7.05 Å². The lowest BCUT2D eigenvalue weighted by atomic mass is 10.00. The molecule has 0 atom stereocenters. The Bertz CT molecular complexity index is 211. The molecule has 0 N–H and O–H groups in total. The average molecular weight is 187 g/mol. The van der Waals surface area contributed by atoms with Gasteiger partial charge in [0.15, 0.2) is 0 Å². The molecule has 0 aromatic heterocycles. The van der Waals surface area contributed by atoms with E-state index in [9.17, 15) is 9.59 Å². The van der Waals surface area contributed by atoms with E-state index in [2.05, 4.69) is 4.74 Å². The van der Waals surface area contributed by atoms with Crippen molar-refractivity contribution in [2.24, 2.45) is 0 Å². The predicted octanol–water partition coefficient (Wildman–Crippen LogP) is 0.806. The molecule has 0 aliphatic rings. The zero-order valence-corrected chi connectivity index (χ0v) is 8.88. The molecule has 0 radical (unpaired) electrons. The number of esters is 1. The summed E-state index contributed by atoms with van der Waals surface area (Å²) >= 11 is 0. The Labute approximate surface area is 78.9 Å². The van der Waals surface area contributed by atoms with Crippen LogP contribution in [0.2, 0.25) is 0 Å². The fourth-order valence-corrected chi connectivity index (χ4v) is 0.736. The Morgan fingerprint density at radius 1 is 1.38 bits per heavy atom. The zero-order chi connectivity index (χ0) is 10.6. The number of methoxy groups -OCH3 is 1. The number of hydrogen-bond acceptors (Lipinski definition) is 3. The molecule has 0 bridgehead atoms. The molecule has 0 aromatic carbocycles. The summed E-state index contributed by atoms with van der Waals surface area (Å²) in [5, 5.41) is 0. The molecule has 0 heterocycles. The maximum atomic E-state index is 11.3. The van der Waals surface area contributed by atoms with Gasteiger partial charge in [-0.3, -0.25) is 4.79 Å². The molecular formula is C9H17NO3. The minimum absolute atomic E-state index is 0.314. The first kappa shape index (κ1) is 11.9. The molecule has 4 nitrogen and oxygen atoms in total. The molecule has 0 fully saturated rings. The standard InChI is InChI=1S/C9H17NO3/c1-6-9(2,3)10(4)7(11)8(12)13-5/h6H2,1-5H3. The molecule has 0 saturated carbocycles. The average Bonchev–Trinajstić information content (AvgIpc) is 2.14. The third-order valence-corrected chi connectivity index (χ3v) is 2.44. The van der Waals surface area contributed by atoms with Crippen LogP contribution in [0, 0.1) is 0 Å². The van der Waals surface area contributed by atoms with E-state index in [-0.39, 0.29) is 5.54 Å². The van der Waals surface area contributed by atoms with Crippen LogP contribution in [0.1, 0.15) is 27.2 Å². The number of amides is 1. The Morgan fingerprint density at radius 3 is 2.15 bits per heavy atom. The van der Waals surface area contributed by atoms with Crippen LogP contribution in [-0.4, -0.2) is 36.5 Å². The van der Waals surface area contributed by atoms with Gasteiger partial charge in [0.05, 0.1) is 7.11 Å². The Hall–Kier alpha value is -1.06. The number of nitrogens with zero attached hydrogens (tertiary/aromatic N) is 1. The molecule has 13 heavy (non-hydrogen) atoms. The van der Waals surface area contributed by atoms with Gasteiger partial charge in [-0.05, 0) is 20.3 Å². The van der Waals surface area contributed by atoms with Crippen molar-refractivity contribution in [2.45, 2.75) is 32.7 Å². The number of carbonyl (C=O) groups excluding carboxylic acids is 2. The highest BCUT2D eigenvalue weighted by Gasteiger charge is 2.30. The van der Waals surface area contributed by atoms with Gasteiger partial charge in [-0.15, -0.1) is 0 Å². The second kappa shape index (κ2) is 4.25. The highest BCUT2D eigenvalue weighted by Crippen LogP contribution is 2.16. The number of carbonyl (C=O) groups is 2. The first-order valence-electron chi connectivity index (χ1n) is 4.23. The van der Waals surface area contributed by atoms with Crippen LogP contribution in [0.4, 0.5) is 0 Å². The normalized spacial score (nSPS) is 10.8. The second-order valence-electron chi connectivity index (χ2n) is 3.52. The van der Waals surface area contributed by atoms with Gasteiger partial charge in [0.1, 0.15) is 0 Å². The number of rotatable bonds is 2. The number of ether oxygens (including phenoxy) is 1. The van der Waals surface area contributed by atoms with Crippen LogP contribution in [-0.2, 0) is 14.3 Å². The van der Waals surface area contributed by atoms with Gasteiger partial charge in [0, 0.05) is 12.6 Å². The molecule has 0 aliphatic carbocycles. The van der Waals surface area contributed by atoms with E-state index in [1.165, 1.54) is 12.0 Å². The fraction of sp³-hybridized carbons (Fsp3) is 0.778. The van der Waals surface area contributed by atoms with E-state index >= 15 is 0 Å². The summed E-state index contributed by atoms with van der Waals surface area (Å²) < 4.78 is 4.34. The molecule has 0 rings (SSSR count).